The van der Waals surface area contributed by atoms with E-state index in [1.807, 2.05) is 32.0 Å². The smallest absolute Gasteiger partial charge is 0.194 e. The van der Waals surface area contributed by atoms with Gasteiger partial charge in [-0.1, -0.05) is 18.2 Å². The fourth-order valence-corrected chi connectivity index (χ4v) is 2.63. The predicted molar refractivity (Wildman–Crippen MR) is 89.4 cm³/mol. The van der Waals surface area contributed by atoms with Crippen LogP contribution >= 0.6 is 0 Å². The average Bonchev–Trinajstić information content (AvgIpc) is 3.00. The Morgan fingerprint density at radius 3 is 2.56 bits per heavy atom. The SMILES string of the molecule is CC(=O)c1ccc(OCc2nnnn2-c2c(C)cccc2C)cc1F. The third kappa shape index (κ3) is 3.40. The molecule has 1 aromatic heterocycles. The Morgan fingerprint density at radius 2 is 1.92 bits per heavy atom. The van der Waals surface area contributed by atoms with Crippen molar-refractivity contribution in [3.63, 3.8) is 0 Å². The van der Waals surface area contributed by atoms with Crippen LogP contribution in [0.2, 0.25) is 0 Å². The predicted octanol–water partition coefficient (Wildman–Crippen LogP) is 3.20. The Morgan fingerprint density at radius 1 is 1.20 bits per heavy atom. The fraction of sp³-hybridized carbons (Fsp3) is 0.222. The lowest BCUT2D eigenvalue weighted by Gasteiger charge is -2.11. The number of hydrogen-bond donors (Lipinski definition) is 0. The van der Waals surface area contributed by atoms with E-state index in [4.69, 9.17) is 4.74 Å². The molecule has 3 aromatic rings. The summed E-state index contributed by atoms with van der Waals surface area (Å²) in [5.74, 6) is -0.144. The number of halogens is 1. The molecule has 0 radical (unpaired) electrons. The molecule has 128 valence electrons. The highest BCUT2D eigenvalue weighted by molar-refractivity contribution is 5.94. The molecule has 0 unspecified atom stereocenters. The number of carbonyl (C=O) groups is 1. The summed E-state index contributed by atoms with van der Waals surface area (Å²) in [5, 5.41) is 11.7. The second-order valence-corrected chi connectivity index (χ2v) is 5.73. The molecular formula is C18H17FN4O2. The monoisotopic (exact) mass is 340 g/mol. The summed E-state index contributed by atoms with van der Waals surface area (Å²) in [6.07, 6.45) is 0. The summed E-state index contributed by atoms with van der Waals surface area (Å²) in [6.45, 7) is 5.34. The zero-order valence-electron chi connectivity index (χ0n) is 14.2. The Balaban J connectivity index is 1.83. The van der Waals surface area contributed by atoms with Crippen LogP contribution < -0.4 is 4.74 Å². The summed E-state index contributed by atoms with van der Waals surface area (Å²) >= 11 is 0. The second kappa shape index (κ2) is 6.80. The van der Waals surface area contributed by atoms with Crippen LogP contribution in [0.3, 0.4) is 0 Å². The standard InChI is InChI=1S/C18H17FN4O2/c1-11-5-4-6-12(2)18(11)23-17(20-21-22-23)10-25-14-7-8-15(13(3)24)16(19)9-14/h4-9H,10H2,1-3H3. The van der Waals surface area contributed by atoms with E-state index in [1.165, 1.54) is 19.1 Å². The van der Waals surface area contributed by atoms with Crippen molar-refractivity contribution in [1.82, 2.24) is 20.2 Å². The van der Waals surface area contributed by atoms with Crippen molar-refractivity contribution >= 4 is 5.78 Å². The Labute approximate surface area is 144 Å². The summed E-state index contributed by atoms with van der Waals surface area (Å²) in [6, 6.07) is 10.1. The number of ether oxygens (including phenoxy) is 1. The second-order valence-electron chi connectivity index (χ2n) is 5.73. The number of tetrazole rings is 1. The van der Waals surface area contributed by atoms with E-state index in [0.717, 1.165) is 16.8 Å². The van der Waals surface area contributed by atoms with E-state index in [1.54, 1.807) is 10.7 Å². The molecule has 3 rings (SSSR count). The number of hydrogen-bond acceptors (Lipinski definition) is 5. The minimum Gasteiger partial charge on any atom is -0.485 e. The molecule has 0 saturated heterocycles. The Kier molecular flexibility index (Phi) is 4.56. The average molecular weight is 340 g/mol. The van der Waals surface area contributed by atoms with Gasteiger partial charge in [0.2, 0.25) is 0 Å². The molecular weight excluding hydrogens is 323 g/mol. The molecule has 6 nitrogen and oxygen atoms in total. The normalized spacial score (nSPS) is 10.7. The van der Waals surface area contributed by atoms with Crippen molar-refractivity contribution in [2.24, 2.45) is 0 Å². The molecule has 0 atom stereocenters. The molecule has 1 heterocycles. The summed E-state index contributed by atoms with van der Waals surface area (Å²) in [5.41, 5.74) is 2.99. The van der Waals surface area contributed by atoms with Gasteiger partial charge in [0.05, 0.1) is 11.3 Å². The van der Waals surface area contributed by atoms with Crippen LogP contribution in [0.4, 0.5) is 4.39 Å². The minimum atomic E-state index is -0.612. The molecule has 7 heteroatoms. The Hall–Kier alpha value is -3.09. The van der Waals surface area contributed by atoms with Gasteiger partial charge in [-0.05, 0) is 54.5 Å². The molecule has 0 bridgehead atoms. The van der Waals surface area contributed by atoms with Crippen LogP contribution in [-0.4, -0.2) is 26.0 Å². The highest BCUT2D eigenvalue weighted by Gasteiger charge is 2.14. The van der Waals surface area contributed by atoms with Crippen LogP contribution in [0.15, 0.2) is 36.4 Å². The first-order valence-electron chi connectivity index (χ1n) is 7.74. The van der Waals surface area contributed by atoms with E-state index < -0.39 is 5.82 Å². The molecule has 0 spiro atoms. The van der Waals surface area contributed by atoms with E-state index in [0.29, 0.717) is 11.6 Å². The van der Waals surface area contributed by atoms with Crippen LogP contribution in [0.1, 0.15) is 34.2 Å². The molecule has 25 heavy (non-hydrogen) atoms. The van der Waals surface area contributed by atoms with E-state index >= 15 is 0 Å². The van der Waals surface area contributed by atoms with E-state index in [9.17, 15) is 9.18 Å². The number of aryl methyl sites for hydroxylation is 2. The summed E-state index contributed by atoms with van der Waals surface area (Å²) in [7, 11) is 0. The fourth-order valence-electron chi connectivity index (χ4n) is 2.63. The molecule has 0 fully saturated rings. The van der Waals surface area contributed by atoms with E-state index in [-0.39, 0.29) is 18.0 Å². The molecule has 0 saturated carbocycles. The number of ketones is 1. The molecule has 0 amide bonds. The van der Waals surface area contributed by atoms with Gasteiger partial charge in [0.15, 0.2) is 11.6 Å². The van der Waals surface area contributed by atoms with Crippen molar-refractivity contribution < 1.29 is 13.9 Å². The van der Waals surface area contributed by atoms with Gasteiger partial charge in [-0.3, -0.25) is 4.79 Å². The number of carbonyl (C=O) groups excluding carboxylic acids is 1. The maximum Gasteiger partial charge on any atom is 0.194 e. The van der Waals surface area contributed by atoms with E-state index in [2.05, 4.69) is 15.5 Å². The zero-order chi connectivity index (χ0) is 18.0. The number of nitrogens with zero attached hydrogens (tertiary/aromatic N) is 4. The van der Waals surface area contributed by atoms with Crippen molar-refractivity contribution in [1.29, 1.82) is 0 Å². The number of para-hydroxylation sites is 1. The largest absolute Gasteiger partial charge is 0.485 e. The third-order valence-corrected chi connectivity index (χ3v) is 3.87. The molecule has 2 aromatic carbocycles. The first-order valence-corrected chi connectivity index (χ1v) is 7.74. The van der Waals surface area contributed by atoms with Gasteiger partial charge in [-0.2, -0.15) is 4.68 Å². The van der Waals surface area contributed by atoms with Crippen LogP contribution in [0, 0.1) is 19.7 Å². The van der Waals surface area contributed by atoms with Crippen molar-refractivity contribution in [3.8, 4) is 11.4 Å². The van der Waals surface area contributed by atoms with Crippen LogP contribution in [0.5, 0.6) is 5.75 Å². The van der Waals surface area contributed by atoms with Gasteiger partial charge in [-0.15, -0.1) is 5.10 Å². The van der Waals surface area contributed by atoms with Gasteiger partial charge in [-0.25, -0.2) is 4.39 Å². The van der Waals surface area contributed by atoms with Crippen molar-refractivity contribution in [3.05, 3.63) is 64.7 Å². The third-order valence-electron chi connectivity index (χ3n) is 3.87. The zero-order valence-corrected chi connectivity index (χ0v) is 14.2. The Bertz CT molecular complexity index is 916. The van der Waals surface area contributed by atoms with Crippen molar-refractivity contribution in [2.45, 2.75) is 27.4 Å². The highest BCUT2D eigenvalue weighted by Crippen LogP contribution is 2.21. The summed E-state index contributed by atoms with van der Waals surface area (Å²) < 4.78 is 21.1. The number of aromatic nitrogens is 4. The first-order chi connectivity index (χ1) is 12.0. The molecule has 0 aliphatic heterocycles. The lowest BCUT2D eigenvalue weighted by atomic mass is 10.1. The topological polar surface area (TPSA) is 69.9 Å². The molecule has 0 aliphatic rings. The van der Waals surface area contributed by atoms with Gasteiger partial charge in [0.25, 0.3) is 0 Å². The molecule has 0 N–H and O–H groups in total. The number of Topliss-reactive ketones (excluding diaryl/α,β-unsaturated/α-hetero) is 1. The number of rotatable bonds is 5. The van der Waals surface area contributed by atoms with Gasteiger partial charge < -0.3 is 4.74 Å². The van der Waals surface area contributed by atoms with Crippen LogP contribution in [0.25, 0.3) is 5.69 Å². The first kappa shape index (κ1) is 16.8. The maximum atomic E-state index is 13.9. The van der Waals surface area contributed by atoms with Gasteiger partial charge in [0, 0.05) is 6.07 Å². The lowest BCUT2D eigenvalue weighted by Crippen LogP contribution is -2.10. The lowest BCUT2D eigenvalue weighted by molar-refractivity contribution is 0.101. The molecule has 0 aliphatic carbocycles. The maximum absolute atomic E-state index is 13.9. The van der Waals surface area contributed by atoms with Crippen LogP contribution in [-0.2, 0) is 6.61 Å². The summed E-state index contributed by atoms with van der Waals surface area (Å²) in [4.78, 5) is 11.3. The number of benzene rings is 2. The minimum absolute atomic E-state index is 0.0349. The van der Waals surface area contributed by atoms with Gasteiger partial charge >= 0.3 is 0 Å². The highest BCUT2D eigenvalue weighted by atomic mass is 19.1. The van der Waals surface area contributed by atoms with Gasteiger partial charge in [0.1, 0.15) is 18.2 Å². The quantitative estimate of drug-likeness (QED) is 0.667. The van der Waals surface area contributed by atoms with Crippen molar-refractivity contribution in [2.75, 3.05) is 0 Å².